The van der Waals surface area contributed by atoms with Gasteiger partial charge in [-0.05, 0) is 67.9 Å². The van der Waals surface area contributed by atoms with Gasteiger partial charge in [-0.15, -0.1) is 0 Å². The summed E-state index contributed by atoms with van der Waals surface area (Å²) in [5.74, 6) is -0.403. The summed E-state index contributed by atoms with van der Waals surface area (Å²) in [5.41, 5.74) is 3.47. The summed E-state index contributed by atoms with van der Waals surface area (Å²) in [6.45, 7) is 3.73. The maximum Gasteiger partial charge on any atom is 0.311 e. The van der Waals surface area contributed by atoms with Crippen molar-refractivity contribution < 1.29 is 23.9 Å². The molecule has 1 atom stereocenters. The molecule has 34 heavy (non-hydrogen) atoms. The number of esters is 1. The fourth-order valence-corrected chi connectivity index (χ4v) is 3.73. The largest absolute Gasteiger partial charge is 0.457 e. The third-order valence-electron chi connectivity index (χ3n) is 5.51. The summed E-state index contributed by atoms with van der Waals surface area (Å²) in [6, 6.07) is 22.2. The van der Waals surface area contributed by atoms with Crippen LogP contribution in [-0.2, 0) is 19.1 Å². The Morgan fingerprint density at radius 2 is 1.62 bits per heavy atom. The highest BCUT2D eigenvalue weighted by atomic mass is 16.5. The van der Waals surface area contributed by atoms with E-state index in [0.717, 1.165) is 16.9 Å². The summed E-state index contributed by atoms with van der Waals surface area (Å²) in [4.78, 5) is 38.6. The van der Waals surface area contributed by atoms with Crippen molar-refractivity contribution in [2.45, 2.75) is 20.3 Å². The Kier molecular flexibility index (Phi) is 6.92. The lowest BCUT2D eigenvalue weighted by molar-refractivity contribution is -0.151. The molecule has 0 radical (unpaired) electrons. The number of ether oxygens (including phenoxy) is 2. The van der Waals surface area contributed by atoms with E-state index in [1.165, 1.54) is 0 Å². The molecule has 1 N–H and O–H groups in total. The normalized spacial score (nSPS) is 15.2. The molecule has 1 aliphatic rings. The van der Waals surface area contributed by atoms with Gasteiger partial charge in [-0.3, -0.25) is 14.4 Å². The van der Waals surface area contributed by atoms with E-state index >= 15 is 0 Å². The molecule has 174 valence electrons. The number of anilines is 2. The summed E-state index contributed by atoms with van der Waals surface area (Å²) < 4.78 is 11.0. The summed E-state index contributed by atoms with van der Waals surface area (Å²) in [5, 5.41) is 2.69. The second-order valence-electron chi connectivity index (χ2n) is 8.34. The van der Waals surface area contributed by atoms with Crippen LogP contribution in [0, 0.1) is 19.8 Å². The van der Waals surface area contributed by atoms with Crippen LogP contribution in [0.5, 0.6) is 11.5 Å². The van der Waals surface area contributed by atoms with E-state index in [-0.39, 0.29) is 18.9 Å². The van der Waals surface area contributed by atoms with Gasteiger partial charge in [0.25, 0.3) is 5.91 Å². The van der Waals surface area contributed by atoms with Crippen LogP contribution in [0.1, 0.15) is 17.5 Å². The lowest BCUT2D eigenvalue weighted by Crippen LogP contribution is -2.28. The molecule has 0 aromatic heterocycles. The maximum absolute atomic E-state index is 12.5. The number of amides is 2. The molecule has 3 aromatic carbocycles. The van der Waals surface area contributed by atoms with E-state index in [1.807, 2.05) is 56.3 Å². The van der Waals surface area contributed by atoms with Gasteiger partial charge in [0.1, 0.15) is 11.5 Å². The molecular weight excluding hydrogens is 432 g/mol. The number of hydrogen-bond acceptors (Lipinski definition) is 5. The van der Waals surface area contributed by atoms with Crippen LogP contribution in [0.4, 0.5) is 11.4 Å². The van der Waals surface area contributed by atoms with Crippen LogP contribution in [-0.4, -0.2) is 30.9 Å². The van der Waals surface area contributed by atoms with Crippen LogP contribution in [0.3, 0.4) is 0 Å². The van der Waals surface area contributed by atoms with Crippen molar-refractivity contribution in [1.82, 2.24) is 0 Å². The Morgan fingerprint density at radius 3 is 2.29 bits per heavy atom. The Labute approximate surface area is 198 Å². The van der Waals surface area contributed by atoms with Crippen molar-refractivity contribution >= 4 is 29.2 Å². The zero-order valence-corrected chi connectivity index (χ0v) is 19.1. The fourth-order valence-electron chi connectivity index (χ4n) is 3.73. The van der Waals surface area contributed by atoms with E-state index < -0.39 is 24.4 Å². The number of carbonyl (C=O) groups is 3. The zero-order valence-electron chi connectivity index (χ0n) is 19.1. The first kappa shape index (κ1) is 23.0. The second kappa shape index (κ2) is 10.2. The molecule has 1 aliphatic heterocycles. The maximum atomic E-state index is 12.5. The van der Waals surface area contributed by atoms with Crippen molar-refractivity contribution in [2.75, 3.05) is 23.4 Å². The van der Waals surface area contributed by atoms with Crippen molar-refractivity contribution in [3.8, 4) is 11.5 Å². The second-order valence-corrected chi connectivity index (χ2v) is 8.34. The minimum absolute atomic E-state index is 0.0416. The molecule has 7 heteroatoms. The minimum Gasteiger partial charge on any atom is -0.457 e. The van der Waals surface area contributed by atoms with Gasteiger partial charge < -0.3 is 19.7 Å². The van der Waals surface area contributed by atoms with Crippen LogP contribution < -0.4 is 15.0 Å². The molecule has 2 amide bonds. The zero-order chi connectivity index (χ0) is 24.1. The Morgan fingerprint density at radius 1 is 0.941 bits per heavy atom. The minimum atomic E-state index is -0.622. The van der Waals surface area contributed by atoms with Gasteiger partial charge in [-0.1, -0.05) is 29.8 Å². The highest BCUT2D eigenvalue weighted by Crippen LogP contribution is 2.29. The van der Waals surface area contributed by atoms with Crippen LogP contribution >= 0.6 is 0 Å². The van der Waals surface area contributed by atoms with Crippen molar-refractivity contribution in [2.24, 2.45) is 5.92 Å². The molecule has 1 heterocycles. The van der Waals surface area contributed by atoms with Gasteiger partial charge in [-0.25, -0.2) is 0 Å². The third-order valence-corrected chi connectivity index (χ3v) is 5.51. The number of carbonyl (C=O) groups excluding carboxylic acids is 3. The SMILES string of the molecule is Cc1ccc(Oc2ccc(N3C[C@@H](C(=O)OCC(=O)Nc4cccc(C)c4)CC3=O)cc2)cc1. The van der Waals surface area contributed by atoms with E-state index in [0.29, 0.717) is 17.1 Å². The van der Waals surface area contributed by atoms with E-state index in [2.05, 4.69) is 5.32 Å². The standard InChI is InChI=1S/C27H26N2O5/c1-18-6-10-23(11-7-18)34-24-12-8-22(9-13-24)29-16-20(15-26(29)31)27(32)33-17-25(30)28-21-5-3-4-19(2)14-21/h3-14,20H,15-17H2,1-2H3,(H,28,30)/t20-/m0/s1. The molecule has 1 fully saturated rings. The molecule has 0 unspecified atom stereocenters. The number of benzene rings is 3. The van der Waals surface area contributed by atoms with Crippen molar-refractivity contribution in [1.29, 1.82) is 0 Å². The predicted molar refractivity (Wildman–Crippen MR) is 129 cm³/mol. The summed E-state index contributed by atoms with van der Waals surface area (Å²) in [6.07, 6.45) is 0.0416. The van der Waals surface area contributed by atoms with E-state index in [1.54, 1.807) is 35.2 Å². The van der Waals surface area contributed by atoms with Gasteiger partial charge in [0.2, 0.25) is 5.91 Å². The lowest BCUT2D eigenvalue weighted by atomic mass is 10.1. The van der Waals surface area contributed by atoms with Crippen LogP contribution in [0.2, 0.25) is 0 Å². The molecule has 3 aromatic rings. The molecule has 7 nitrogen and oxygen atoms in total. The molecule has 0 aliphatic carbocycles. The van der Waals surface area contributed by atoms with E-state index in [9.17, 15) is 14.4 Å². The number of hydrogen-bond donors (Lipinski definition) is 1. The highest BCUT2D eigenvalue weighted by molar-refractivity contribution is 6.00. The third kappa shape index (κ3) is 5.81. The molecule has 1 saturated heterocycles. The van der Waals surface area contributed by atoms with Gasteiger partial charge in [0, 0.05) is 24.3 Å². The number of nitrogens with zero attached hydrogens (tertiary/aromatic N) is 1. The van der Waals surface area contributed by atoms with Crippen molar-refractivity contribution in [3.63, 3.8) is 0 Å². The lowest BCUT2D eigenvalue weighted by Gasteiger charge is -2.17. The van der Waals surface area contributed by atoms with E-state index in [4.69, 9.17) is 9.47 Å². The highest BCUT2D eigenvalue weighted by Gasteiger charge is 2.36. The van der Waals surface area contributed by atoms with Gasteiger partial charge in [0.05, 0.1) is 5.92 Å². The molecule has 0 bridgehead atoms. The average Bonchev–Trinajstić information content (AvgIpc) is 3.21. The van der Waals surface area contributed by atoms with Gasteiger partial charge in [-0.2, -0.15) is 0 Å². The summed E-state index contributed by atoms with van der Waals surface area (Å²) in [7, 11) is 0. The number of rotatable bonds is 7. The van der Waals surface area contributed by atoms with Crippen LogP contribution in [0.15, 0.2) is 72.8 Å². The van der Waals surface area contributed by atoms with Gasteiger partial charge in [0.15, 0.2) is 6.61 Å². The first-order valence-corrected chi connectivity index (χ1v) is 11.1. The first-order valence-electron chi connectivity index (χ1n) is 11.1. The Bertz CT molecular complexity index is 1190. The number of aryl methyl sites for hydroxylation is 2. The fraction of sp³-hybridized carbons (Fsp3) is 0.222. The number of nitrogens with one attached hydrogen (secondary N) is 1. The summed E-state index contributed by atoms with van der Waals surface area (Å²) >= 11 is 0. The monoisotopic (exact) mass is 458 g/mol. The molecule has 0 saturated carbocycles. The first-order chi connectivity index (χ1) is 16.4. The molecule has 4 rings (SSSR count). The molecule has 0 spiro atoms. The van der Waals surface area contributed by atoms with Gasteiger partial charge >= 0.3 is 5.97 Å². The van der Waals surface area contributed by atoms with Crippen LogP contribution in [0.25, 0.3) is 0 Å². The predicted octanol–water partition coefficient (Wildman–Crippen LogP) is 4.63. The smallest absolute Gasteiger partial charge is 0.311 e. The Hall–Kier alpha value is -4.13. The topological polar surface area (TPSA) is 84.9 Å². The quantitative estimate of drug-likeness (QED) is 0.522. The average molecular weight is 459 g/mol. The molecular formula is C27H26N2O5. The van der Waals surface area contributed by atoms with Crippen molar-refractivity contribution in [3.05, 3.63) is 83.9 Å². The Balaban J connectivity index is 1.29.